The number of rotatable bonds is 3. The van der Waals surface area contributed by atoms with Crippen molar-refractivity contribution in [3.8, 4) is 0 Å². The average Bonchev–Trinajstić information content (AvgIpc) is 2.39. The lowest BCUT2D eigenvalue weighted by Gasteiger charge is -2.22. The largest absolute Gasteiger partial charge is 0.376 e. The van der Waals surface area contributed by atoms with Gasteiger partial charge in [0, 0.05) is 25.7 Å². The Morgan fingerprint density at radius 3 is 2.63 bits per heavy atom. The topological polar surface area (TPSA) is 44.4 Å². The molecule has 1 saturated heterocycles. The van der Waals surface area contributed by atoms with E-state index in [1.165, 1.54) is 0 Å². The van der Waals surface area contributed by atoms with Crippen molar-refractivity contribution >= 4 is 28.9 Å². The van der Waals surface area contributed by atoms with Crippen LogP contribution in [0.3, 0.4) is 0 Å². The third-order valence-corrected chi connectivity index (χ3v) is 3.71. The van der Waals surface area contributed by atoms with Crippen molar-refractivity contribution in [1.82, 2.24) is 5.32 Å². The molecule has 0 aromatic heterocycles. The molecule has 0 bridgehead atoms. The molecule has 0 aliphatic carbocycles. The maximum Gasteiger partial charge on any atom is 0.227 e. The Morgan fingerprint density at radius 1 is 1.37 bits per heavy atom. The second-order valence-electron chi connectivity index (χ2n) is 5.07. The first-order chi connectivity index (χ1) is 9.08. The van der Waals surface area contributed by atoms with Crippen molar-refractivity contribution in [2.45, 2.75) is 12.8 Å². The minimum Gasteiger partial charge on any atom is -0.376 e. The predicted molar refractivity (Wildman–Crippen MR) is 80.0 cm³/mol. The van der Waals surface area contributed by atoms with E-state index in [1.807, 2.05) is 31.1 Å². The molecule has 1 amide bonds. The number of piperidine rings is 1. The number of anilines is 2. The van der Waals surface area contributed by atoms with Crippen molar-refractivity contribution in [1.29, 1.82) is 0 Å². The van der Waals surface area contributed by atoms with Gasteiger partial charge in [0.2, 0.25) is 5.91 Å². The number of nitrogens with zero attached hydrogens (tertiary/aromatic N) is 1. The fraction of sp³-hybridized carbons (Fsp3) is 0.500. The Morgan fingerprint density at radius 2 is 2.05 bits per heavy atom. The van der Waals surface area contributed by atoms with Crippen LogP contribution >= 0.6 is 11.6 Å². The minimum absolute atomic E-state index is 0.0927. The lowest BCUT2D eigenvalue weighted by molar-refractivity contribution is -0.120. The maximum atomic E-state index is 12.1. The van der Waals surface area contributed by atoms with E-state index in [1.54, 1.807) is 6.07 Å². The maximum absolute atomic E-state index is 12.1. The first kappa shape index (κ1) is 14.2. The minimum atomic E-state index is 0.0927. The molecule has 5 heteroatoms. The number of carbonyl (C=O) groups excluding carboxylic acids is 1. The molecule has 1 aliphatic heterocycles. The smallest absolute Gasteiger partial charge is 0.227 e. The van der Waals surface area contributed by atoms with Gasteiger partial charge in [-0.3, -0.25) is 4.79 Å². The Labute approximate surface area is 119 Å². The summed E-state index contributed by atoms with van der Waals surface area (Å²) >= 11 is 6.19. The van der Waals surface area contributed by atoms with E-state index < -0.39 is 0 Å². The molecule has 1 fully saturated rings. The molecule has 0 unspecified atom stereocenters. The Hall–Kier alpha value is -1.26. The molecular formula is C14H20ClN3O. The lowest BCUT2D eigenvalue weighted by atomic mass is 9.97. The zero-order valence-electron chi connectivity index (χ0n) is 11.4. The summed E-state index contributed by atoms with van der Waals surface area (Å²) in [6, 6.07) is 5.61. The van der Waals surface area contributed by atoms with Gasteiger partial charge in [-0.15, -0.1) is 0 Å². The highest BCUT2D eigenvalue weighted by Gasteiger charge is 2.21. The van der Waals surface area contributed by atoms with Gasteiger partial charge in [0.1, 0.15) is 0 Å². The van der Waals surface area contributed by atoms with Crippen LogP contribution in [0, 0.1) is 5.92 Å². The second-order valence-corrected chi connectivity index (χ2v) is 5.48. The average molecular weight is 282 g/mol. The third kappa shape index (κ3) is 3.61. The third-order valence-electron chi connectivity index (χ3n) is 3.41. The number of hydrogen-bond donors (Lipinski definition) is 2. The van der Waals surface area contributed by atoms with Crippen LogP contribution in [-0.2, 0) is 4.79 Å². The number of carbonyl (C=O) groups is 1. The summed E-state index contributed by atoms with van der Waals surface area (Å²) in [7, 11) is 3.88. The molecule has 0 spiro atoms. The van der Waals surface area contributed by atoms with E-state index >= 15 is 0 Å². The van der Waals surface area contributed by atoms with Crippen LogP contribution < -0.4 is 15.5 Å². The number of benzene rings is 1. The van der Waals surface area contributed by atoms with Crippen molar-refractivity contribution in [2.75, 3.05) is 37.4 Å². The van der Waals surface area contributed by atoms with Gasteiger partial charge in [-0.05, 0) is 44.1 Å². The van der Waals surface area contributed by atoms with Crippen LogP contribution in [0.5, 0.6) is 0 Å². The van der Waals surface area contributed by atoms with Crippen molar-refractivity contribution in [3.63, 3.8) is 0 Å². The zero-order valence-corrected chi connectivity index (χ0v) is 12.1. The van der Waals surface area contributed by atoms with Gasteiger partial charge in [-0.1, -0.05) is 11.6 Å². The first-order valence-electron chi connectivity index (χ1n) is 6.56. The summed E-state index contributed by atoms with van der Waals surface area (Å²) < 4.78 is 0. The van der Waals surface area contributed by atoms with E-state index in [9.17, 15) is 4.79 Å². The summed E-state index contributed by atoms with van der Waals surface area (Å²) in [5.74, 6) is 0.198. The Bertz CT molecular complexity index is 456. The van der Waals surface area contributed by atoms with Gasteiger partial charge < -0.3 is 15.5 Å². The molecule has 0 radical (unpaired) electrons. The predicted octanol–water partition coefficient (Wildman–Crippen LogP) is 2.34. The van der Waals surface area contributed by atoms with Gasteiger partial charge in [-0.25, -0.2) is 0 Å². The van der Waals surface area contributed by atoms with Crippen LogP contribution in [0.1, 0.15) is 12.8 Å². The summed E-state index contributed by atoms with van der Waals surface area (Å²) in [5, 5.41) is 6.85. The fourth-order valence-electron chi connectivity index (χ4n) is 2.28. The van der Waals surface area contributed by atoms with Crippen molar-refractivity contribution < 1.29 is 4.79 Å². The van der Waals surface area contributed by atoms with Gasteiger partial charge in [0.25, 0.3) is 0 Å². The van der Waals surface area contributed by atoms with Crippen LogP contribution in [0.4, 0.5) is 11.4 Å². The summed E-state index contributed by atoms with van der Waals surface area (Å²) in [5.41, 5.74) is 1.71. The van der Waals surface area contributed by atoms with E-state index in [0.29, 0.717) is 5.02 Å². The molecule has 1 aliphatic rings. The molecule has 1 aromatic rings. The number of amides is 1. The normalized spacial score (nSPS) is 16.2. The van der Waals surface area contributed by atoms with Crippen LogP contribution in [0.25, 0.3) is 0 Å². The zero-order chi connectivity index (χ0) is 13.8. The molecule has 2 rings (SSSR count). The standard InChI is InChI=1S/C14H20ClN3O/c1-18(2)13-4-3-11(9-12(13)15)17-14(19)10-5-7-16-8-6-10/h3-4,9-10,16H,5-8H2,1-2H3,(H,17,19). The summed E-state index contributed by atoms with van der Waals surface area (Å²) in [4.78, 5) is 14.1. The van der Waals surface area contributed by atoms with Crippen LogP contribution in [0.2, 0.25) is 5.02 Å². The van der Waals surface area contributed by atoms with Crippen molar-refractivity contribution in [2.24, 2.45) is 5.92 Å². The van der Waals surface area contributed by atoms with E-state index in [2.05, 4.69) is 10.6 Å². The molecule has 1 aromatic carbocycles. The second kappa shape index (κ2) is 6.26. The van der Waals surface area contributed by atoms with Crippen LogP contribution in [0.15, 0.2) is 18.2 Å². The quantitative estimate of drug-likeness (QED) is 0.894. The summed E-state index contributed by atoms with van der Waals surface area (Å²) in [6.07, 6.45) is 1.80. The number of halogens is 1. The molecule has 0 saturated carbocycles. The van der Waals surface area contributed by atoms with Crippen molar-refractivity contribution in [3.05, 3.63) is 23.2 Å². The molecule has 104 valence electrons. The van der Waals surface area contributed by atoms with E-state index in [-0.39, 0.29) is 11.8 Å². The van der Waals surface area contributed by atoms with Gasteiger partial charge in [-0.2, -0.15) is 0 Å². The SMILES string of the molecule is CN(C)c1ccc(NC(=O)C2CCNCC2)cc1Cl. The molecular weight excluding hydrogens is 262 g/mol. The monoisotopic (exact) mass is 281 g/mol. The Balaban J connectivity index is 2.02. The van der Waals surface area contributed by atoms with Gasteiger partial charge >= 0.3 is 0 Å². The molecule has 0 atom stereocenters. The molecule has 1 heterocycles. The highest BCUT2D eigenvalue weighted by molar-refractivity contribution is 6.33. The van der Waals surface area contributed by atoms with Crippen LogP contribution in [-0.4, -0.2) is 33.1 Å². The van der Waals surface area contributed by atoms with Gasteiger partial charge in [0.15, 0.2) is 0 Å². The number of hydrogen-bond acceptors (Lipinski definition) is 3. The lowest BCUT2D eigenvalue weighted by Crippen LogP contribution is -2.34. The highest BCUT2D eigenvalue weighted by Crippen LogP contribution is 2.27. The van der Waals surface area contributed by atoms with Gasteiger partial charge in [0.05, 0.1) is 10.7 Å². The first-order valence-corrected chi connectivity index (χ1v) is 6.94. The fourth-order valence-corrected chi connectivity index (χ4v) is 2.63. The molecule has 2 N–H and O–H groups in total. The van der Waals surface area contributed by atoms with E-state index in [0.717, 1.165) is 37.3 Å². The highest BCUT2D eigenvalue weighted by atomic mass is 35.5. The number of nitrogens with one attached hydrogen (secondary N) is 2. The Kier molecular flexibility index (Phi) is 4.66. The molecule has 19 heavy (non-hydrogen) atoms. The summed E-state index contributed by atoms with van der Waals surface area (Å²) in [6.45, 7) is 1.83. The van der Waals surface area contributed by atoms with E-state index in [4.69, 9.17) is 11.6 Å². The molecule has 4 nitrogen and oxygen atoms in total.